The molecule has 0 spiro atoms. The van der Waals surface area contributed by atoms with Crippen molar-refractivity contribution in [2.45, 2.75) is 4.90 Å². The maximum Gasteiger partial charge on any atom is 0.316 e. The molecule has 7 nitrogen and oxygen atoms in total. The number of anilines is 1. The molecule has 0 saturated carbocycles. The van der Waals surface area contributed by atoms with E-state index in [0.29, 0.717) is 5.82 Å². The number of hydrogen-bond acceptors (Lipinski definition) is 6. The number of pyridine rings is 1. The van der Waals surface area contributed by atoms with Gasteiger partial charge in [0.25, 0.3) is 5.91 Å². The third-order valence-corrected chi connectivity index (χ3v) is 5.37. The number of aliphatic hydroxyl groups is 1. The molecule has 1 aliphatic heterocycles. The monoisotopic (exact) mass is 359 g/mol. The lowest BCUT2D eigenvalue weighted by atomic mass is 10.1. The number of benzene rings is 1. The number of hydrogen-bond donors (Lipinski definition) is 4. The zero-order chi connectivity index (χ0) is 16.6. The number of carbonyl (C=O) groups excluding carboxylic acids is 1. The van der Waals surface area contributed by atoms with Crippen molar-refractivity contribution in [3.05, 3.63) is 59.9 Å². The van der Waals surface area contributed by atoms with E-state index in [2.05, 4.69) is 10.3 Å². The first-order valence-corrected chi connectivity index (χ1v) is 8.20. The molecule has 4 N–H and O–H groups in total. The van der Waals surface area contributed by atoms with Gasteiger partial charge in [0.05, 0.1) is 4.90 Å². The molecule has 3 rings (SSSR count). The summed E-state index contributed by atoms with van der Waals surface area (Å²) in [6.07, 6.45) is 1.51. The topological polar surface area (TPSA) is 106 Å². The van der Waals surface area contributed by atoms with Gasteiger partial charge in [-0.2, -0.15) is 0 Å². The van der Waals surface area contributed by atoms with Gasteiger partial charge in [0.15, 0.2) is 11.5 Å². The van der Waals surface area contributed by atoms with E-state index in [4.69, 9.17) is 0 Å². The molecule has 0 atom stereocenters. The van der Waals surface area contributed by atoms with Gasteiger partial charge in [0.1, 0.15) is 5.82 Å². The quantitative estimate of drug-likeness (QED) is 0.611. The van der Waals surface area contributed by atoms with Gasteiger partial charge in [-0.05, 0) is 24.3 Å². The highest BCUT2D eigenvalue weighted by molar-refractivity contribution is 8.22. The van der Waals surface area contributed by atoms with Gasteiger partial charge in [-0.15, -0.1) is 0 Å². The molecule has 2 heterocycles. The largest absolute Gasteiger partial charge is 0.505 e. The fourth-order valence-corrected chi connectivity index (χ4v) is 3.76. The molecule has 1 aromatic heterocycles. The van der Waals surface area contributed by atoms with E-state index in [0.717, 1.165) is 4.31 Å². The van der Waals surface area contributed by atoms with Gasteiger partial charge in [0, 0.05) is 18.8 Å². The summed E-state index contributed by atoms with van der Waals surface area (Å²) in [5.74, 6) is -0.706. The molecule has 0 aliphatic carbocycles. The Morgan fingerprint density at radius 3 is 2.50 bits per heavy atom. The summed E-state index contributed by atoms with van der Waals surface area (Å²) in [4.78, 5) is 16.6. The Morgan fingerprint density at radius 1 is 1.17 bits per heavy atom. The lowest BCUT2D eigenvalue weighted by Gasteiger charge is -2.46. The van der Waals surface area contributed by atoms with Crippen LogP contribution in [0.1, 0.15) is 5.56 Å². The average Bonchev–Trinajstić information content (AvgIpc) is 2.54. The molecule has 0 unspecified atom stereocenters. The third-order valence-electron chi connectivity index (χ3n) is 3.48. The molecule has 1 aliphatic rings. The minimum Gasteiger partial charge on any atom is -0.505 e. The predicted octanol–water partition coefficient (Wildman–Crippen LogP) is 2.00. The number of nitrogens with one attached hydrogen (secondary N) is 1. The lowest BCUT2D eigenvalue weighted by Crippen LogP contribution is -2.34. The average molecular weight is 360 g/mol. The zero-order valence-corrected chi connectivity index (χ0v) is 13.0. The third kappa shape index (κ3) is 3.08. The summed E-state index contributed by atoms with van der Waals surface area (Å²) >= 11 is 0. The van der Waals surface area contributed by atoms with E-state index in [1.807, 2.05) is 0 Å². The van der Waals surface area contributed by atoms with Crippen LogP contribution >= 0.6 is 10.8 Å². The number of amides is 1. The molecule has 0 radical (unpaired) electrons. The van der Waals surface area contributed by atoms with E-state index < -0.39 is 16.7 Å². The number of carbonyl (C=O) groups is 1. The van der Waals surface area contributed by atoms with Crippen LogP contribution in [0.5, 0.6) is 0 Å². The Labute approximate surface area is 156 Å². The SMILES string of the molecule is CN1C(C(=O)Nc2ccccn2)=C(O)c2ccccc2S1(O)O.[MgH2]. The smallest absolute Gasteiger partial charge is 0.316 e. The van der Waals surface area contributed by atoms with Crippen molar-refractivity contribution in [3.8, 4) is 0 Å². The van der Waals surface area contributed by atoms with Crippen LogP contribution in [0.15, 0.2) is 59.3 Å². The highest BCUT2D eigenvalue weighted by Crippen LogP contribution is 2.58. The number of aromatic nitrogens is 1. The highest BCUT2D eigenvalue weighted by Gasteiger charge is 2.38. The van der Waals surface area contributed by atoms with Crippen molar-refractivity contribution in [2.75, 3.05) is 12.4 Å². The Hall–Kier alpha value is -1.78. The first kappa shape index (κ1) is 18.6. The summed E-state index contributed by atoms with van der Waals surface area (Å²) < 4.78 is 21.8. The van der Waals surface area contributed by atoms with Gasteiger partial charge >= 0.3 is 23.1 Å². The first-order chi connectivity index (χ1) is 10.9. The van der Waals surface area contributed by atoms with Crippen LogP contribution in [0, 0.1) is 0 Å². The molecular formula is C15H17MgN3O4S. The maximum absolute atomic E-state index is 12.5. The van der Waals surface area contributed by atoms with Crippen LogP contribution < -0.4 is 5.32 Å². The summed E-state index contributed by atoms with van der Waals surface area (Å²) in [5.41, 5.74) is -0.00822. The number of likely N-dealkylation sites (N-methyl/N-ethyl adjacent to an activating group) is 1. The van der Waals surface area contributed by atoms with Crippen LogP contribution in [0.2, 0.25) is 0 Å². The van der Waals surface area contributed by atoms with Crippen molar-refractivity contribution in [1.29, 1.82) is 0 Å². The molecular weight excluding hydrogens is 343 g/mol. The highest BCUT2D eigenvalue weighted by atomic mass is 32.3. The molecule has 24 heavy (non-hydrogen) atoms. The Balaban J connectivity index is 0.00000208. The number of rotatable bonds is 2. The summed E-state index contributed by atoms with van der Waals surface area (Å²) in [6, 6.07) is 11.3. The second-order valence-corrected chi connectivity index (χ2v) is 6.90. The molecule has 124 valence electrons. The number of aliphatic hydroxyl groups excluding tert-OH is 1. The second-order valence-electron chi connectivity index (χ2n) is 4.88. The van der Waals surface area contributed by atoms with Crippen molar-refractivity contribution >= 4 is 51.3 Å². The predicted molar refractivity (Wildman–Crippen MR) is 96.3 cm³/mol. The van der Waals surface area contributed by atoms with Gasteiger partial charge in [-0.25, -0.2) is 4.98 Å². The van der Waals surface area contributed by atoms with Gasteiger partial charge < -0.3 is 10.4 Å². The number of fused-ring (bicyclic) bond motifs is 1. The van der Waals surface area contributed by atoms with E-state index in [1.165, 1.54) is 25.4 Å². The number of nitrogens with zero attached hydrogens (tertiary/aromatic N) is 2. The van der Waals surface area contributed by atoms with Gasteiger partial charge in [-0.1, -0.05) is 29.0 Å². The van der Waals surface area contributed by atoms with Crippen molar-refractivity contribution < 1.29 is 19.0 Å². The van der Waals surface area contributed by atoms with Crippen molar-refractivity contribution in [3.63, 3.8) is 0 Å². The fraction of sp³-hybridized carbons (Fsp3) is 0.0667. The first-order valence-electron chi connectivity index (χ1n) is 6.70. The van der Waals surface area contributed by atoms with Crippen molar-refractivity contribution in [2.24, 2.45) is 0 Å². The Bertz CT molecular complexity index is 798. The summed E-state index contributed by atoms with van der Waals surface area (Å²) in [7, 11) is -2.06. The molecule has 9 heteroatoms. The lowest BCUT2D eigenvalue weighted by molar-refractivity contribution is -0.113. The van der Waals surface area contributed by atoms with Crippen LogP contribution in [0.4, 0.5) is 5.82 Å². The van der Waals surface area contributed by atoms with E-state index in [-0.39, 0.29) is 45.0 Å². The van der Waals surface area contributed by atoms with E-state index in [1.54, 1.807) is 30.3 Å². The van der Waals surface area contributed by atoms with Crippen LogP contribution in [0.3, 0.4) is 0 Å². The summed E-state index contributed by atoms with van der Waals surface area (Å²) in [6.45, 7) is 0. The van der Waals surface area contributed by atoms with Crippen molar-refractivity contribution in [1.82, 2.24) is 9.29 Å². The fourth-order valence-electron chi connectivity index (χ4n) is 2.32. The molecule has 2 aromatic rings. The molecule has 0 fully saturated rings. The van der Waals surface area contributed by atoms with Crippen LogP contribution in [-0.4, -0.2) is 59.5 Å². The van der Waals surface area contributed by atoms with Crippen LogP contribution in [-0.2, 0) is 4.79 Å². The Kier molecular flexibility index (Phi) is 5.40. The van der Waals surface area contributed by atoms with Gasteiger partial charge in [-0.3, -0.25) is 18.2 Å². The Morgan fingerprint density at radius 2 is 1.83 bits per heavy atom. The molecule has 0 bridgehead atoms. The molecule has 1 aromatic carbocycles. The molecule has 0 saturated heterocycles. The standard InChI is InChI=1S/C15H15N3O4S.Mg.2H/c1-18-13(15(20)17-12-8-4-5-9-16-12)14(19)10-6-2-3-7-11(10)23(18,21)22;;;/h2-9,19,21-22H,1H3,(H,16,17,20);;;. The minimum atomic E-state index is -3.41. The van der Waals surface area contributed by atoms with E-state index in [9.17, 15) is 19.0 Å². The van der Waals surface area contributed by atoms with Crippen LogP contribution in [0.25, 0.3) is 5.76 Å². The second kappa shape index (κ2) is 6.99. The normalized spacial score (nSPS) is 16.7. The van der Waals surface area contributed by atoms with E-state index >= 15 is 0 Å². The van der Waals surface area contributed by atoms with Gasteiger partial charge in [0.2, 0.25) is 0 Å². The molecule has 1 amide bonds. The summed E-state index contributed by atoms with van der Waals surface area (Å²) in [5, 5.41) is 12.9. The zero-order valence-electron chi connectivity index (χ0n) is 12.2. The maximum atomic E-state index is 12.5. The minimum absolute atomic E-state index is 0.